The molecule has 0 amide bonds. The quantitative estimate of drug-likeness (QED) is 0.803. The molecule has 19 heavy (non-hydrogen) atoms. The van der Waals surface area contributed by atoms with Crippen molar-refractivity contribution in [2.75, 3.05) is 6.54 Å². The molecule has 0 bridgehead atoms. The van der Waals surface area contributed by atoms with Crippen molar-refractivity contribution in [2.45, 2.75) is 38.0 Å². The second-order valence-electron chi connectivity index (χ2n) is 4.78. The molecule has 0 aromatic heterocycles. The third-order valence-corrected chi connectivity index (χ3v) is 4.62. The van der Waals surface area contributed by atoms with Gasteiger partial charge in [-0.25, -0.2) is 17.5 Å². The normalized spacial score (nSPS) is 12.6. The average Bonchev–Trinajstić information content (AvgIpc) is 2.39. The van der Waals surface area contributed by atoms with Crippen LogP contribution in [-0.2, 0) is 15.8 Å². The van der Waals surface area contributed by atoms with Gasteiger partial charge in [0.15, 0.2) is 0 Å². The third kappa shape index (κ3) is 5.26. The van der Waals surface area contributed by atoms with Gasteiger partial charge in [0, 0.05) is 12.1 Å². The first kappa shape index (κ1) is 16.1. The van der Waals surface area contributed by atoms with E-state index in [1.165, 1.54) is 24.3 Å². The minimum absolute atomic E-state index is 0.170. The first-order chi connectivity index (χ1) is 8.80. The molecule has 0 aliphatic rings. The largest absolute Gasteiger partial charge is 0.324 e. The molecule has 0 heterocycles. The van der Waals surface area contributed by atoms with Gasteiger partial charge < -0.3 is 5.73 Å². The maximum absolute atomic E-state index is 12.7. The molecule has 0 saturated heterocycles. The number of nitrogens with one attached hydrogen (secondary N) is 1. The molecule has 0 spiro atoms. The van der Waals surface area contributed by atoms with Crippen LogP contribution >= 0.6 is 0 Å². The Morgan fingerprint density at radius 2 is 1.74 bits per heavy atom. The Kier molecular flexibility index (Phi) is 5.46. The summed E-state index contributed by atoms with van der Waals surface area (Å²) in [5.41, 5.74) is 6.07. The molecule has 4 nitrogen and oxygen atoms in total. The highest BCUT2D eigenvalue weighted by molar-refractivity contribution is 7.88. The van der Waals surface area contributed by atoms with Crippen LogP contribution in [0.15, 0.2) is 24.3 Å². The maximum atomic E-state index is 12.7. The fourth-order valence-corrected chi connectivity index (χ4v) is 2.85. The van der Waals surface area contributed by atoms with Crippen LogP contribution in [-0.4, -0.2) is 20.5 Å². The van der Waals surface area contributed by atoms with Gasteiger partial charge in [0.2, 0.25) is 10.0 Å². The van der Waals surface area contributed by atoms with E-state index in [1.54, 1.807) is 0 Å². The van der Waals surface area contributed by atoms with Gasteiger partial charge in [0.05, 0.1) is 5.75 Å². The topological polar surface area (TPSA) is 72.2 Å². The number of halogens is 1. The maximum Gasteiger partial charge on any atom is 0.215 e. The Balaban J connectivity index is 2.64. The van der Waals surface area contributed by atoms with Crippen LogP contribution in [0.3, 0.4) is 0 Å². The van der Waals surface area contributed by atoms with E-state index in [4.69, 9.17) is 5.73 Å². The summed E-state index contributed by atoms with van der Waals surface area (Å²) in [6, 6.07) is 5.42. The first-order valence-electron chi connectivity index (χ1n) is 6.31. The Labute approximate surface area is 114 Å². The number of hydrogen-bond acceptors (Lipinski definition) is 3. The van der Waals surface area contributed by atoms with E-state index >= 15 is 0 Å². The molecular weight excluding hydrogens is 267 g/mol. The lowest BCUT2D eigenvalue weighted by atomic mass is 9.95. The standard InChI is InChI=1S/C13H21FN2O2S/c1-3-13(15,4-2)10-16-19(17,18)9-11-5-7-12(14)8-6-11/h5-8,16H,3-4,9-10,15H2,1-2H3. The van der Waals surface area contributed by atoms with E-state index in [2.05, 4.69) is 4.72 Å². The van der Waals surface area contributed by atoms with Gasteiger partial charge in [-0.2, -0.15) is 0 Å². The average molecular weight is 288 g/mol. The second-order valence-corrected chi connectivity index (χ2v) is 6.58. The van der Waals surface area contributed by atoms with Crippen molar-refractivity contribution in [3.63, 3.8) is 0 Å². The molecule has 0 atom stereocenters. The molecule has 0 aliphatic carbocycles. The van der Waals surface area contributed by atoms with E-state index in [0.29, 0.717) is 18.4 Å². The van der Waals surface area contributed by atoms with Gasteiger partial charge in [-0.1, -0.05) is 26.0 Å². The molecule has 0 saturated carbocycles. The van der Waals surface area contributed by atoms with Gasteiger partial charge in [-0.3, -0.25) is 0 Å². The number of rotatable bonds is 7. The Bertz CT molecular complexity index is 496. The van der Waals surface area contributed by atoms with E-state index < -0.39 is 15.6 Å². The molecule has 0 fully saturated rings. The van der Waals surface area contributed by atoms with Crippen LogP contribution in [0.2, 0.25) is 0 Å². The summed E-state index contributed by atoms with van der Waals surface area (Å²) in [6.45, 7) is 4.07. The van der Waals surface area contributed by atoms with E-state index in [0.717, 1.165) is 0 Å². The summed E-state index contributed by atoms with van der Waals surface area (Å²) in [7, 11) is -3.45. The zero-order valence-electron chi connectivity index (χ0n) is 11.3. The predicted molar refractivity (Wildman–Crippen MR) is 74.5 cm³/mol. The Morgan fingerprint density at radius 3 is 2.21 bits per heavy atom. The molecule has 1 aromatic carbocycles. The van der Waals surface area contributed by atoms with E-state index in [1.807, 2.05) is 13.8 Å². The molecular formula is C13H21FN2O2S. The van der Waals surface area contributed by atoms with Crippen LogP contribution in [0, 0.1) is 5.82 Å². The molecule has 1 rings (SSSR count). The van der Waals surface area contributed by atoms with Crippen LogP contribution in [0.5, 0.6) is 0 Å². The SMILES string of the molecule is CCC(N)(CC)CNS(=O)(=O)Cc1ccc(F)cc1. The van der Waals surface area contributed by atoms with Gasteiger partial charge >= 0.3 is 0 Å². The van der Waals surface area contributed by atoms with Crippen molar-refractivity contribution in [2.24, 2.45) is 5.73 Å². The summed E-state index contributed by atoms with van der Waals surface area (Å²) in [5, 5.41) is 0. The molecule has 0 radical (unpaired) electrons. The fourth-order valence-electron chi connectivity index (χ4n) is 1.60. The van der Waals surface area contributed by atoms with Crippen molar-refractivity contribution in [1.29, 1.82) is 0 Å². The number of hydrogen-bond donors (Lipinski definition) is 2. The first-order valence-corrected chi connectivity index (χ1v) is 7.96. The highest BCUT2D eigenvalue weighted by atomic mass is 32.2. The molecule has 0 unspecified atom stereocenters. The minimum atomic E-state index is -3.45. The van der Waals surface area contributed by atoms with Gasteiger partial charge in [-0.05, 0) is 30.5 Å². The van der Waals surface area contributed by atoms with Crippen LogP contribution in [0.4, 0.5) is 4.39 Å². The summed E-state index contributed by atoms with van der Waals surface area (Å²) in [6.07, 6.45) is 1.39. The Morgan fingerprint density at radius 1 is 1.21 bits per heavy atom. The number of benzene rings is 1. The van der Waals surface area contributed by atoms with Gasteiger partial charge in [0.1, 0.15) is 5.82 Å². The molecule has 6 heteroatoms. The minimum Gasteiger partial charge on any atom is -0.324 e. The highest BCUT2D eigenvalue weighted by Crippen LogP contribution is 2.11. The van der Waals surface area contributed by atoms with Gasteiger partial charge in [0.25, 0.3) is 0 Å². The zero-order chi connectivity index (χ0) is 14.5. The lowest BCUT2D eigenvalue weighted by Crippen LogP contribution is -2.49. The highest BCUT2D eigenvalue weighted by Gasteiger charge is 2.23. The second kappa shape index (κ2) is 6.45. The summed E-state index contributed by atoms with van der Waals surface area (Å²) < 4.78 is 39.1. The molecule has 1 aromatic rings. The van der Waals surface area contributed by atoms with Crippen LogP contribution in [0.1, 0.15) is 32.3 Å². The van der Waals surface area contributed by atoms with Crippen molar-refractivity contribution >= 4 is 10.0 Å². The van der Waals surface area contributed by atoms with Crippen LogP contribution < -0.4 is 10.5 Å². The monoisotopic (exact) mass is 288 g/mol. The van der Waals surface area contributed by atoms with Crippen molar-refractivity contribution in [1.82, 2.24) is 4.72 Å². The summed E-state index contributed by atoms with van der Waals surface area (Å²) in [5.74, 6) is -0.552. The number of sulfonamides is 1. The third-order valence-electron chi connectivity index (χ3n) is 3.32. The molecule has 3 N–H and O–H groups in total. The molecule has 108 valence electrons. The number of nitrogens with two attached hydrogens (primary N) is 1. The lowest BCUT2D eigenvalue weighted by Gasteiger charge is -2.26. The molecule has 0 aliphatic heterocycles. The van der Waals surface area contributed by atoms with Crippen LogP contribution in [0.25, 0.3) is 0 Å². The van der Waals surface area contributed by atoms with Crippen molar-refractivity contribution < 1.29 is 12.8 Å². The van der Waals surface area contributed by atoms with Gasteiger partial charge in [-0.15, -0.1) is 0 Å². The zero-order valence-corrected chi connectivity index (χ0v) is 12.1. The fraction of sp³-hybridized carbons (Fsp3) is 0.538. The smallest absolute Gasteiger partial charge is 0.215 e. The summed E-state index contributed by atoms with van der Waals surface area (Å²) >= 11 is 0. The lowest BCUT2D eigenvalue weighted by molar-refractivity contribution is 0.391. The van der Waals surface area contributed by atoms with E-state index in [-0.39, 0.29) is 18.1 Å². The summed E-state index contributed by atoms with van der Waals surface area (Å²) in [4.78, 5) is 0. The Hall–Kier alpha value is -0.980. The predicted octanol–water partition coefficient (Wildman–Crippen LogP) is 1.76. The van der Waals surface area contributed by atoms with Crippen molar-refractivity contribution in [3.05, 3.63) is 35.6 Å². The van der Waals surface area contributed by atoms with Crippen molar-refractivity contribution in [3.8, 4) is 0 Å². The van der Waals surface area contributed by atoms with E-state index in [9.17, 15) is 12.8 Å².